The molecule has 2 aromatic heterocycles. The van der Waals surface area contributed by atoms with Crippen molar-refractivity contribution < 1.29 is 0 Å². The van der Waals surface area contributed by atoms with E-state index in [0.29, 0.717) is 11.6 Å². The molecule has 4 nitrogen and oxygen atoms in total. The quantitative estimate of drug-likeness (QED) is 0.704. The van der Waals surface area contributed by atoms with Crippen molar-refractivity contribution in [3.63, 3.8) is 0 Å². The average Bonchev–Trinajstić information content (AvgIpc) is 2.92. The summed E-state index contributed by atoms with van der Waals surface area (Å²) in [5.41, 5.74) is 4.95. The highest BCUT2D eigenvalue weighted by atomic mass is 15.1. The van der Waals surface area contributed by atoms with Gasteiger partial charge in [-0.2, -0.15) is 0 Å². The van der Waals surface area contributed by atoms with Crippen molar-refractivity contribution in [2.75, 3.05) is 0 Å². The monoisotopic (exact) mass is 306 g/mol. The van der Waals surface area contributed by atoms with Crippen LogP contribution in [0.1, 0.15) is 33.0 Å². The van der Waals surface area contributed by atoms with Gasteiger partial charge in [-0.25, -0.2) is 4.98 Å². The Morgan fingerprint density at radius 1 is 1.13 bits per heavy atom. The van der Waals surface area contributed by atoms with Gasteiger partial charge in [-0.05, 0) is 54.7 Å². The third kappa shape index (κ3) is 3.02. The maximum atomic E-state index is 8.36. The maximum absolute atomic E-state index is 8.36. The minimum absolute atomic E-state index is 0.458. The van der Waals surface area contributed by atoms with Crippen LogP contribution >= 0.6 is 0 Å². The minimum Gasteiger partial charge on any atom is -0.323 e. The Bertz CT molecular complexity index is 831. The fourth-order valence-electron chi connectivity index (χ4n) is 2.90. The van der Waals surface area contributed by atoms with E-state index >= 15 is 0 Å². The van der Waals surface area contributed by atoms with E-state index in [-0.39, 0.29) is 0 Å². The molecule has 1 aromatic carbocycles. The van der Waals surface area contributed by atoms with Crippen molar-refractivity contribution in [2.45, 2.75) is 33.7 Å². The van der Waals surface area contributed by atoms with E-state index in [9.17, 15) is 0 Å². The van der Waals surface area contributed by atoms with E-state index in [1.807, 2.05) is 18.2 Å². The normalized spacial score (nSPS) is 11.3. The van der Waals surface area contributed by atoms with Crippen LogP contribution in [0.4, 0.5) is 0 Å². The molecule has 0 amide bonds. The average molecular weight is 306 g/mol. The lowest BCUT2D eigenvalue weighted by molar-refractivity contribution is 0.674. The molecule has 0 atom stereocenters. The van der Waals surface area contributed by atoms with Gasteiger partial charge in [0.25, 0.3) is 0 Å². The predicted molar refractivity (Wildman–Crippen MR) is 94.9 cm³/mol. The van der Waals surface area contributed by atoms with E-state index in [1.165, 1.54) is 0 Å². The lowest BCUT2D eigenvalue weighted by atomic mass is 10.1. The molecule has 118 valence electrons. The number of hydrogen-bond donors (Lipinski definition) is 1. The summed E-state index contributed by atoms with van der Waals surface area (Å²) in [6, 6.07) is 10.3. The van der Waals surface area contributed by atoms with E-state index in [1.54, 1.807) is 12.4 Å². The van der Waals surface area contributed by atoms with Crippen molar-refractivity contribution in [3.05, 3.63) is 48.5 Å². The molecule has 0 aliphatic rings. The van der Waals surface area contributed by atoms with Gasteiger partial charge in [0.05, 0.1) is 16.7 Å². The Kier molecular flexibility index (Phi) is 4.24. The van der Waals surface area contributed by atoms with Gasteiger partial charge in [0, 0.05) is 18.9 Å². The van der Waals surface area contributed by atoms with E-state index in [4.69, 9.17) is 10.4 Å². The summed E-state index contributed by atoms with van der Waals surface area (Å²) in [5.74, 6) is 1.25. The molecular weight excluding hydrogens is 284 g/mol. The van der Waals surface area contributed by atoms with Crippen LogP contribution in [-0.2, 0) is 6.54 Å². The van der Waals surface area contributed by atoms with Crippen LogP contribution < -0.4 is 0 Å². The third-order valence-corrected chi connectivity index (χ3v) is 3.96. The van der Waals surface area contributed by atoms with Crippen molar-refractivity contribution in [1.29, 1.82) is 5.41 Å². The second-order valence-corrected chi connectivity index (χ2v) is 6.20. The molecule has 2 heterocycles. The number of rotatable bonds is 5. The number of benzene rings is 1. The van der Waals surface area contributed by atoms with Crippen LogP contribution in [-0.4, -0.2) is 20.2 Å². The summed E-state index contributed by atoms with van der Waals surface area (Å²) < 4.78 is 2.14. The number of nitrogens with one attached hydrogen (secondary N) is 1. The molecule has 3 aromatic rings. The number of aryl methyl sites for hydroxylation is 1. The minimum atomic E-state index is 0.458. The van der Waals surface area contributed by atoms with Gasteiger partial charge < -0.3 is 9.98 Å². The van der Waals surface area contributed by atoms with Crippen LogP contribution in [0, 0.1) is 11.3 Å². The summed E-state index contributed by atoms with van der Waals surface area (Å²) >= 11 is 0. The van der Waals surface area contributed by atoms with Crippen molar-refractivity contribution in [2.24, 2.45) is 5.92 Å². The SMILES string of the molecule is CCn1c(C(=N)CC(C)C)nc2ccc(-c3ccncc3)cc21. The Morgan fingerprint density at radius 2 is 1.87 bits per heavy atom. The third-order valence-electron chi connectivity index (χ3n) is 3.96. The molecule has 0 saturated carbocycles. The number of hydrogen-bond acceptors (Lipinski definition) is 3. The molecule has 3 rings (SSSR count). The Hall–Kier alpha value is -2.49. The van der Waals surface area contributed by atoms with Gasteiger partial charge >= 0.3 is 0 Å². The van der Waals surface area contributed by atoms with Gasteiger partial charge in [-0.15, -0.1) is 0 Å². The summed E-state index contributed by atoms with van der Waals surface area (Å²) in [6.45, 7) is 7.18. The zero-order chi connectivity index (χ0) is 16.4. The smallest absolute Gasteiger partial charge is 0.154 e. The topological polar surface area (TPSA) is 54.6 Å². The highest BCUT2D eigenvalue weighted by Crippen LogP contribution is 2.25. The maximum Gasteiger partial charge on any atom is 0.154 e. The molecular formula is C19H22N4. The van der Waals surface area contributed by atoms with Crippen LogP contribution in [0.25, 0.3) is 22.2 Å². The number of imidazole rings is 1. The summed E-state index contributed by atoms with van der Waals surface area (Å²) in [5, 5.41) is 8.36. The number of aromatic nitrogens is 3. The first-order chi connectivity index (χ1) is 11.1. The first-order valence-electron chi connectivity index (χ1n) is 8.08. The van der Waals surface area contributed by atoms with Gasteiger partial charge in [0.1, 0.15) is 0 Å². The van der Waals surface area contributed by atoms with Crippen molar-refractivity contribution >= 4 is 16.7 Å². The highest BCUT2D eigenvalue weighted by molar-refractivity contribution is 5.98. The molecule has 0 bridgehead atoms. The largest absolute Gasteiger partial charge is 0.323 e. The lowest BCUT2D eigenvalue weighted by Gasteiger charge is -2.09. The first-order valence-corrected chi connectivity index (χ1v) is 8.08. The van der Waals surface area contributed by atoms with Gasteiger partial charge in [-0.1, -0.05) is 19.9 Å². The molecule has 0 aliphatic heterocycles. The van der Waals surface area contributed by atoms with E-state index in [0.717, 1.165) is 41.0 Å². The zero-order valence-electron chi connectivity index (χ0n) is 13.9. The summed E-state index contributed by atoms with van der Waals surface area (Å²) in [7, 11) is 0. The molecule has 0 fully saturated rings. The van der Waals surface area contributed by atoms with Crippen molar-refractivity contribution in [3.8, 4) is 11.1 Å². The molecule has 23 heavy (non-hydrogen) atoms. The number of nitrogens with zero attached hydrogens (tertiary/aromatic N) is 3. The van der Waals surface area contributed by atoms with Crippen LogP contribution in [0.2, 0.25) is 0 Å². The van der Waals surface area contributed by atoms with Crippen molar-refractivity contribution in [1.82, 2.24) is 14.5 Å². The summed E-state index contributed by atoms with van der Waals surface area (Å²) in [6.07, 6.45) is 4.36. The Morgan fingerprint density at radius 3 is 2.52 bits per heavy atom. The standard InChI is InChI=1S/C19H22N4/c1-4-23-18-12-15(14-7-9-21-10-8-14)5-6-17(18)22-19(23)16(20)11-13(2)3/h5-10,12-13,20H,4,11H2,1-3H3. The second-order valence-electron chi connectivity index (χ2n) is 6.20. The van der Waals surface area contributed by atoms with Crippen LogP contribution in [0.5, 0.6) is 0 Å². The van der Waals surface area contributed by atoms with Crippen LogP contribution in [0.15, 0.2) is 42.7 Å². The second kappa shape index (κ2) is 6.32. The molecule has 0 spiro atoms. The number of pyridine rings is 1. The van der Waals surface area contributed by atoms with Gasteiger partial charge in [-0.3, -0.25) is 4.98 Å². The van der Waals surface area contributed by atoms with E-state index in [2.05, 4.69) is 42.5 Å². The molecule has 0 radical (unpaired) electrons. The predicted octanol–water partition coefficient (Wildman–Crippen LogP) is 4.53. The molecule has 0 saturated heterocycles. The fraction of sp³-hybridized carbons (Fsp3) is 0.316. The number of fused-ring (bicyclic) bond motifs is 1. The zero-order valence-corrected chi connectivity index (χ0v) is 13.9. The Labute approximate surface area is 136 Å². The Balaban J connectivity index is 2.10. The lowest BCUT2D eigenvalue weighted by Crippen LogP contribution is -2.11. The molecule has 4 heteroatoms. The highest BCUT2D eigenvalue weighted by Gasteiger charge is 2.15. The molecule has 0 unspecified atom stereocenters. The van der Waals surface area contributed by atoms with Crippen LogP contribution in [0.3, 0.4) is 0 Å². The first kappa shape index (κ1) is 15.4. The molecule has 0 aliphatic carbocycles. The van der Waals surface area contributed by atoms with Gasteiger partial charge in [0.15, 0.2) is 5.82 Å². The molecule has 1 N–H and O–H groups in total. The van der Waals surface area contributed by atoms with E-state index < -0.39 is 0 Å². The summed E-state index contributed by atoms with van der Waals surface area (Å²) in [4.78, 5) is 8.77. The van der Waals surface area contributed by atoms with Gasteiger partial charge in [0.2, 0.25) is 0 Å². The fourth-order valence-corrected chi connectivity index (χ4v) is 2.90.